The molecule has 0 unspecified atom stereocenters. The molecule has 2 aromatic rings. The lowest BCUT2D eigenvalue weighted by molar-refractivity contribution is 0.251. The van der Waals surface area contributed by atoms with Crippen LogP contribution in [0.1, 0.15) is 5.56 Å². The Hall–Kier alpha value is -2.43. The van der Waals surface area contributed by atoms with Gasteiger partial charge in [0.2, 0.25) is 5.88 Å². The number of nitrogens with one attached hydrogen (secondary N) is 2. The molecule has 0 fully saturated rings. The first-order chi connectivity index (χ1) is 9.28. The minimum atomic E-state index is -0.275. The van der Waals surface area contributed by atoms with Crippen LogP contribution in [0.4, 0.5) is 10.7 Å². The van der Waals surface area contributed by atoms with E-state index in [-0.39, 0.29) is 6.03 Å². The summed E-state index contributed by atoms with van der Waals surface area (Å²) in [6, 6.07) is 10.9. The molecular formula is C14H16N2O3. The summed E-state index contributed by atoms with van der Waals surface area (Å²) in [5.74, 6) is 1.26. The monoisotopic (exact) mass is 260 g/mol. The molecular weight excluding hydrogens is 244 g/mol. The lowest BCUT2D eigenvalue weighted by Crippen LogP contribution is -2.30. The fourth-order valence-electron chi connectivity index (χ4n) is 1.62. The Kier molecular flexibility index (Phi) is 4.44. The number of hydrogen-bond donors (Lipinski definition) is 2. The van der Waals surface area contributed by atoms with Crippen LogP contribution in [0.2, 0.25) is 0 Å². The SMILES string of the molecule is COc1ccc(CCNC(=O)Nc2ccco2)cc1. The summed E-state index contributed by atoms with van der Waals surface area (Å²) in [6.45, 7) is 0.554. The highest BCUT2D eigenvalue weighted by Crippen LogP contribution is 2.11. The van der Waals surface area contributed by atoms with Gasteiger partial charge in [0.1, 0.15) is 5.75 Å². The number of furan rings is 1. The highest BCUT2D eigenvalue weighted by atomic mass is 16.5. The normalized spacial score (nSPS) is 9.95. The van der Waals surface area contributed by atoms with Crippen LogP contribution in [-0.2, 0) is 6.42 Å². The Morgan fingerprint density at radius 1 is 1.26 bits per heavy atom. The molecule has 0 radical (unpaired) electrons. The number of amides is 2. The van der Waals surface area contributed by atoms with E-state index in [0.717, 1.165) is 17.7 Å². The van der Waals surface area contributed by atoms with Crippen LogP contribution in [0.5, 0.6) is 5.75 Å². The Morgan fingerprint density at radius 2 is 2.05 bits per heavy atom. The number of ether oxygens (including phenoxy) is 1. The zero-order chi connectivity index (χ0) is 13.5. The number of carbonyl (C=O) groups excluding carboxylic acids is 1. The van der Waals surface area contributed by atoms with Gasteiger partial charge in [0.25, 0.3) is 0 Å². The molecule has 0 aliphatic heterocycles. The predicted molar refractivity (Wildman–Crippen MR) is 72.4 cm³/mol. The number of rotatable bonds is 5. The van der Waals surface area contributed by atoms with Crippen LogP contribution in [0.15, 0.2) is 47.1 Å². The van der Waals surface area contributed by atoms with Gasteiger partial charge in [-0.25, -0.2) is 4.79 Å². The van der Waals surface area contributed by atoms with Gasteiger partial charge in [-0.3, -0.25) is 5.32 Å². The molecule has 0 aliphatic carbocycles. The van der Waals surface area contributed by atoms with Crippen molar-refractivity contribution in [2.45, 2.75) is 6.42 Å². The predicted octanol–water partition coefficient (Wildman–Crippen LogP) is 2.65. The van der Waals surface area contributed by atoms with Gasteiger partial charge < -0.3 is 14.5 Å². The molecule has 0 aliphatic rings. The van der Waals surface area contributed by atoms with Gasteiger partial charge in [0, 0.05) is 12.6 Å². The third-order valence-corrected chi connectivity index (χ3v) is 2.62. The van der Waals surface area contributed by atoms with Crippen molar-refractivity contribution in [2.24, 2.45) is 0 Å². The average Bonchev–Trinajstić information content (AvgIpc) is 2.92. The summed E-state index contributed by atoms with van der Waals surface area (Å²) in [4.78, 5) is 11.5. The summed E-state index contributed by atoms with van der Waals surface area (Å²) < 4.78 is 10.1. The van der Waals surface area contributed by atoms with Crippen molar-refractivity contribution in [2.75, 3.05) is 19.0 Å². The topological polar surface area (TPSA) is 63.5 Å². The summed E-state index contributed by atoms with van der Waals surface area (Å²) in [7, 11) is 1.63. The second kappa shape index (κ2) is 6.49. The van der Waals surface area contributed by atoms with Gasteiger partial charge in [0.15, 0.2) is 0 Å². The highest BCUT2D eigenvalue weighted by Gasteiger charge is 2.02. The van der Waals surface area contributed by atoms with Crippen molar-refractivity contribution in [3.63, 3.8) is 0 Å². The Balaban J connectivity index is 1.72. The maximum absolute atomic E-state index is 11.5. The van der Waals surface area contributed by atoms with Gasteiger partial charge in [-0.05, 0) is 30.2 Å². The maximum Gasteiger partial charge on any atom is 0.321 e. The Bertz CT molecular complexity index is 506. The van der Waals surface area contributed by atoms with E-state index in [0.29, 0.717) is 12.4 Å². The van der Waals surface area contributed by atoms with E-state index in [1.807, 2.05) is 24.3 Å². The smallest absolute Gasteiger partial charge is 0.321 e. The molecule has 1 aromatic carbocycles. The molecule has 1 aromatic heterocycles. The van der Waals surface area contributed by atoms with E-state index < -0.39 is 0 Å². The standard InChI is InChI=1S/C14H16N2O3/c1-18-12-6-4-11(5-7-12)8-9-15-14(17)16-13-3-2-10-19-13/h2-7,10H,8-9H2,1H3,(H2,15,16,17). The molecule has 0 atom stereocenters. The molecule has 2 N–H and O–H groups in total. The molecule has 5 heteroatoms. The number of urea groups is 1. The van der Waals surface area contributed by atoms with Crippen molar-refractivity contribution < 1.29 is 13.9 Å². The summed E-state index contributed by atoms with van der Waals surface area (Å²) in [5, 5.41) is 5.35. The molecule has 2 rings (SSSR count). The van der Waals surface area contributed by atoms with Crippen molar-refractivity contribution in [3.05, 3.63) is 48.2 Å². The van der Waals surface area contributed by atoms with Crippen LogP contribution in [-0.4, -0.2) is 19.7 Å². The molecule has 0 spiro atoms. The Morgan fingerprint density at radius 3 is 2.68 bits per heavy atom. The first kappa shape index (κ1) is 13.0. The molecule has 0 bridgehead atoms. The van der Waals surface area contributed by atoms with Crippen LogP contribution >= 0.6 is 0 Å². The number of carbonyl (C=O) groups is 1. The summed E-state index contributed by atoms with van der Waals surface area (Å²) >= 11 is 0. The van der Waals surface area contributed by atoms with E-state index in [1.165, 1.54) is 6.26 Å². The molecule has 100 valence electrons. The van der Waals surface area contributed by atoms with Crippen LogP contribution in [0.3, 0.4) is 0 Å². The van der Waals surface area contributed by atoms with Crippen molar-refractivity contribution in [1.29, 1.82) is 0 Å². The largest absolute Gasteiger partial charge is 0.497 e. The number of benzene rings is 1. The van der Waals surface area contributed by atoms with E-state index in [9.17, 15) is 4.79 Å². The van der Waals surface area contributed by atoms with E-state index in [1.54, 1.807) is 19.2 Å². The summed E-state index contributed by atoms with van der Waals surface area (Å²) in [6.07, 6.45) is 2.27. The molecule has 19 heavy (non-hydrogen) atoms. The third-order valence-electron chi connectivity index (χ3n) is 2.62. The molecule has 0 saturated carbocycles. The number of anilines is 1. The van der Waals surface area contributed by atoms with Crippen molar-refractivity contribution in [1.82, 2.24) is 5.32 Å². The second-order valence-electron chi connectivity index (χ2n) is 3.96. The molecule has 1 heterocycles. The third kappa shape index (κ3) is 4.06. The van der Waals surface area contributed by atoms with Crippen LogP contribution < -0.4 is 15.4 Å². The average molecular weight is 260 g/mol. The lowest BCUT2D eigenvalue weighted by atomic mass is 10.1. The van der Waals surface area contributed by atoms with Crippen molar-refractivity contribution in [3.8, 4) is 5.75 Å². The van der Waals surface area contributed by atoms with Gasteiger partial charge in [0.05, 0.1) is 13.4 Å². The maximum atomic E-state index is 11.5. The molecule has 2 amide bonds. The fourth-order valence-corrected chi connectivity index (χ4v) is 1.62. The number of methoxy groups -OCH3 is 1. The van der Waals surface area contributed by atoms with Gasteiger partial charge in [-0.15, -0.1) is 0 Å². The Labute approximate surface area is 111 Å². The van der Waals surface area contributed by atoms with E-state index >= 15 is 0 Å². The second-order valence-corrected chi connectivity index (χ2v) is 3.96. The fraction of sp³-hybridized carbons (Fsp3) is 0.214. The first-order valence-corrected chi connectivity index (χ1v) is 5.99. The quantitative estimate of drug-likeness (QED) is 0.868. The van der Waals surface area contributed by atoms with E-state index in [2.05, 4.69) is 10.6 Å². The van der Waals surface area contributed by atoms with E-state index in [4.69, 9.17) is 9.15 Å². The molecule has 0 saturated heterocycles. The lowest BCUT2D eigenvalue weighted by Gasteiger charge is -2.06. The van der Waals surface area contributed by atoms with Gasteiger partial charge in [-0.2, -0.15) is 0 Å². The minimum absolute atomic E-state index is 0.275. The highest BCUT2D eigenvalue weighted by molar-refractivity contribution is 5.87. The van der Waals surface area contributed by atoms with Gasteiger partial charge in [-0.1, -0.05) is 12.1 Å². The zero-order valence-corrected chi connectivity index (χ0v) is 10.7. The van der Waals surface area contributed by atoms with Crippen LogP contribution in [0.25, 0.3) is 0 Å². The van der Waals surface area contributed by atoms with Gasteiger partial charge >= 0.3 is 6.03 Å². The zero-order valence-electron chi connectivity index (χ0n) is 10.7. The first-order valence-electron chi connectivity index (χ1n) is 5.99. The minimum Gasteiger partial charge on any atom is -0.497 e. The van der Waals surface area contributed by atoms with Crippen LogP contribution in [0, 0.1) is 0 Å². The van der Waals surface area contributed by atoms with Crippen molar-refractivity contribution >= 4 is 11.9 Å². The molecule has 5 nitrogen and oxygen atoms in total. The summed E-state index contributed by atoms with van der Waals surface area (Å²) in [5.41, 5.74) is 1.14. The number of hydrogen-bond acceptors (Lipinski definition) is 3.